The summed E-state index contributed by atoms with van der Waals surface area (Å²) in [5.74, 6) is 1.11. The van der Waals surface area contributed by atoms with Crippen LogP contribution in [0.15, 0.2) is 40.9 Å². The number of ether oxygens (including phenoxy) is 2. The fourth-order valence-electron chi connectivity index (χ4n) is 3.61. The Morgan fingerprint density at radius 1 is 1.28 bits per heavy atom. The first kappa shape index (κ1) is 19.3. The molecule has 0 saturated heterocycles. The summed E-state index contributed by atoms with van der Waals surface area (Å²) in [7, 11) is 0. The highest BCUT2D eigenvalue weighted by atomic mass is 35.5. The summed E-state index contributed by atoms with van der Waals surface area (Å²) >= 11 is 6.39. The van der Waals surface area contributed by atoms with E-state index in [9.17, 15) is 4.79 Å². The largest absolute Gasteiger partial charge is 0.492 e. The van der Waals surface area contributed by atoms with Crippen LogP contribution in [0.2, 0.25) is 5.02 Å². The van der Waals surface area contributed by atoms with Gasteiger partial charge in [0.05, 0.1) is 18.7 Å². The number of aryl methyl sites for hydroxylation is 2. The van der Waals surface area contributed by atoms with Gasteiger partial charge < -0.3 is 19.1 Å². The van der Waals surface area contributed by atoms with E-state index < -0.39 is 5.97 Å². The Kier molecular flexibility index (Phi) is 5.20. The third kappa shape index (κ3) is 3.93. The van der Waals surface area contributed by atoms with E-state index in [2.05, 4.69) is 5.16 Å². The Balaban J connectivity index is 1.50. The summed E-state index contributed by atoms with van der Waals surface area (Å²) in [6.45, 7) is 4.47. The second-order valence-corrected chi connectivity index (χ2v) is 7.51. The molecule has 0 bridgehead atoms. The molecule has 0 saturated carbocycles. The molecule has 0 radical (unpaired) electrons. The van der Waals surface area contributed by atoms with Crippen LogP contribution in [0, 0.1) is 13.8 Å². The van der Waals surface area contributed by atoms with Crippen LogP contribution in [0.25, 0.3) is 11.1 Å². The fourth-order valence-corrected chi connectivity index (χ4v) is 3.83. The number of hydrogen-bond acceptors (Lipinski definition) is 5. The van der Waals surface area contributed by atoms with Gasteiger partial charge in [-0.3, -0.25) is 4.79 Å². The average molecular weight is 414 g/mol. The van der Waals surface area contributed by atoms with Crippen molar-refractivity contribution in [1.29, 1.82) is 0 Å². The van der Waals surface area contributed by atoms with Gasteiger partial charge in [0.15, 0.2) is 0 Å². The summed E-state index contributed by atoms with van der Waals surface area (Å²) in [5.41, 5.74) is 4.40. The number of benzene rings is 2. The SMILES string of the molecule is Cc1noc(C)c1-c1cc(COc2ccc3c(c2)OC[C@H]3CC(=O)O)ccc1Cl. The average Bonchev–Trinajstić information content (AvgIpc) is 3.23. The molecule has 1 aliphatic heterocycles. The third-order valence-corrected chi connectivity index (χ3v) is 5.35. The Morgan fingerprint density at radius 3 is 2.83 bits per heavy atom. The lowest BCUT2D eigenvalue weighted by molar-refractivity contribution is -0.137. The lowest BCUT2D eigenvalue weighted by atomic mass is 9.98. The van der Waals surface area contributed by atoms with Crippen LogP contribution < -0.4 is 9.47 Å². The quantitative estimate of drug-likeness (QED) is 0.602. The number of nitrogens with zero attached hydrogens (tertiary/aromatic N) is 1. The molecule has 29 heavy (non-hydrogen) atoms. The molecule has 1 aromatic heterocycles. The zero-order chi connectivity index (χ0) is 20.5. The zero-order valence-corrected chi connectivity index (χ0v) is 16.8. The molecule has 1 atom stereocenters. The first-order valence-corrected chi connectivity index (χ1v) is 9.63. The summed E-state index contributed by atoms with van der Waals surface area (Å²) in [6, 6.07) is 11.3. The van der Waals surface area contributed by atoms with Gasteiger partial charge in [-0.1, -0.05) is 28.9 Å². The highest BCUT2D eigenvalue weighted by Crippen LogP contribution is 2.38. The number of aliphatic carboxylic acids is 1. The molecular weight excluding hydrogens is 394 g/mol. The second-order valence-electron chi connectivity index (χ2n) is 7.11. The standard InChI is InChI=1S/C22H20ClNO5/c1-12-22(13(2)29-24-12)18-7-14(3-6-19(18)23)10-27-16-4-5-17-15(8-21(25)26)11-28-20(17)9-16/h3-7,9,15H,8,10-11H2,1-2H3,(H,25,26)/t15-/m1/s1. The Hall–Kier alpha value is -2.99. The molecule has 3 aromatic rings. The first-order valence-electron chi connectivity index (χ1n) is 9.25. The number of halogens is 1. The van der Waals surface area contributed by atoms with Gasteiger partial charge in [-0.2, -0.15) is 0 Å². The van der Waals surface area contributed by atoms with Gasteiger partial charge in [-0.05, 0) is 37.6 Å². The van der Waals surface area contributed by atoms with Crippen LogP contribution in [-0.4, -0.2) is 22.8 Å². The van der Waals surface area contributed by atoms with E-state index in [1.165, 1.54) is 0 Å². The molecule has 0 unspecified atom stereocenters. The van der Waals surface area contributed by atoms with Gasteiger partial charge in [-0.15, -0.1) is 0 Å². The molecule has 0 aliphatic carbocycles. The predicted octanol–water partition coefficient (Wildman–Crippen LogP) is 5.14. The minimum Gasteiger partial charge on any atom is -0.492 e. The maximum atomic E-state index is 11.0. The van der Waals surface area contributed by atoms with Crippen LogP contribution in [0.1, 0.15) is 34.9 Å². The number of carbonyl (C=O) groups is 1. The van der Waals surface area contributed by atoms with Crippen molar-refractivity contribution < 1.29 is 23.9 Å². The molecule has 2 aromatic carbocycles. The van der Waals surface area contributed by atoms with Gasteiger partial charge >= 0.3 is 5.97 Å². The summed E-state index contributed by atoms with van der Waals surface area (Å²) in [5, 5.41) is 13.6. The summed E-state index contributed by atoms with van der Waals surface area (Å²) in [6.07, 6.45) is 0.0580. The predicted molar refractivity (Wildman–Crippen MR) is 108 cm³/mol. The lowest BCUT2D eigenvalue weighted by Crippen LogP contribution is -2.07. The smallest absolute Gasteiger partial charge is 0.304 e. The normalized spacial score (nSPS) is 15.1. The van der Waals surface area contributed by atoms with Gasteiger partial charge in [0, 0.05) is 33.7 Å². The summed E-state index contributed by atoms with van der Waals surface area (Å²) < 4.78 is 16.8. The van der Waals surface area contributed by atoms with E-state index in [0.29, 0.717) is 35.5 Å². The Bertz CT molecular complexity index is 1060. The maximum Gasteiger partial charge on any atom is 0.304 e. The van der Waals surface area contributed by atoms with Crippen molar-refractivity contribution in [3.8, 4) is 22.6 Å². The van der Waals surface area contributed by atoms with Crippen LogP contribution >= 0.6 is 11.6 Å². The van der Waals surface area contributed by atoms with Gasteiger partial charge in [0.25, 0.3) is 0 Å². The highest BCUT2D eigenvalue weighted by molar-refractivity contribution is 6.33. The molecule has 6 nitrogen and oxygen atoms in total. The van der Waals surface area contributed by atoms with Gasteiger partial charge in [-0.25, -0.2) is 0 Å². The molecule has 7 heteroatoms. The monoisotopic (exact) mass is 413 g/mol. The number of aromatic nitrogens is 1. The van der Waals surface area contributed by atoms with E-state index in [0.717, 1.165) is 27.9 Å². The molecule has 1 N–H and O–H groups in total. The van der Waals surface area contributed by atoms with Crippen LogP contribution in [0.5, 0.6) is 11.5 Å². The van der Waals surface area contributed by atoms with Crippen molar-refractivity contribution >= 4 is 17.6 Å². The summed E-state index contributed by atoms with van der Waals surface area (Å²) in [4.78, 5) is 11.0. The van der Waals surface area contributed by atoms with Crippen molar-refractivity contribution in [1.82, 2.24) is 5.16 Å². The molecular formula is C22H20ClNO5. The minimum atomic E-state index is -0.830. The number of rotatable bonds is 6. The second kappa shape index (κ2) is 7.79. The van der Waals surface area contributed by atoms with Gasteiger partial charge in [0.2, 0.25) is 0 Å². The van der Waals surface area contributed by atoms with Crippen LogP contribution in [0.4, 0.5) is 0 Å². The van der Waals surface area contributed by atoms with Gasteiger partial charge in [0.1, 0.15) is 23.9 Å². The van der Waals surface area contributed by atoms with Crippen molar-refractivity contribution in [3.63, 3.8) is 0 Å². The number of carboxylic acid groups (broad SMARTS) is 1. The minimum absolute atomic E-state index is 0.0580. The van der Waals surface area contributed by atoms with Crippen LogP contribution in [0.3, 0.4) is 0 Å². The van der Waals surface area contributed by atoms with E-state index in [-0.39, 0.29) is 12.3 Å². The van der Waals surface area contributed by atoms with Crippen molar-refractivity contribution in [2.45, 2.75) is 32.8 Å². The molecule has 0 spiro atoms. The van der Waals surface area contributed by atoms with E-state index >= 15 is 0 Å². The first-order chi connectivity index (χ1) is 13.9. The maximum absolute atomic E-state index is 11.0. The number of carboxylic acids is 1. The molecule has 150 valence electrons. The third-order valence-electron chi connectivity index (χ3n) is 5.02. The Labute approximate surface area is 173 Å². The topological polar surface area (TPSA) is 81.8 Å². The molecule has 1 aliphatic rings. The number of hydrogen-bond donors (Lipinski definition) is 1. The van der Waals surface area contributed by atoms with E-state index in [4.69, 9.17) is 30.7 Å². The molecule has 0 fully saturated rings. The zero-order valence-electron chi connectivity index (χ0n) is 16.1. The lowest BCUT2D eigenvalue weighted by Gasteiger charge is -2.11. The van der Waals surface area contributed by atoms with Crippen molar-refractivity contribution in [3.05, 3.63) is 64.0 Å². The Morgan fingerprint density at radius 2 is 2.10 bits per heavy atom. The number of fused-ring (bicyclic) bond motifs is 1. The fraction of sp³-hybridized carbons (Fsp3) is 0.273. The molecule has 0 amide bonds. The van der Waals surface area contributed by atoms with E-state index in [1.807, 2.05) is 50.2 Å². The molecule has 4 rings (SSSR count). The highest BCUT2D eigenvalue weighted by Gasteiger charge is 2.26. The van der Waals surface area contributed by atoms with Crippen LogP contribution in [-0.2, 0) is 11.4 Å². The van der Waals surface area contributed by atoms with Crippen molar-refractivity contribution in [2.75, 3.05) is 6.61 Å². The van der Waals surface area contributed by atoms with E-state index in [1.54, 1.807) is 0 Å². The van der Waals surface area contributed by atoms with Crippen molar-refractivity contribution in [2.24, 2.45) is 0 Å². The molecule has 2 heterocycles.